The number of carbonyl (C=O) groups excluding carboxylic acids is 1. The lowest BCUT2D eigenvalue weighted by Gasteiger charge is -2.35. The van der Waals surface area contributed by atoms with Crippen LogP contribution in [0.5, 0.6) is 0 Å². The van der Waals surface area contributed by atoms with Crippen LogP contribution >= 0.6 is 0 Å². The highest BCUT2D eigenvalue weighted by atomic mass is 16.2. The Kier molecular flexibility index (Phi) is 4.67. The van der Waals surface area contributed by atoms with Gasteiger partial charge < -0.3 is 4.90 Å². The minimum absolute atomic E-state index is 0.238. The molecule has 4 heteroatoms. The molecule has 3 fully saturated rings. The van der Waals surface area contributed by atoms with E-state index in [9.17, 15) is 4.79 Å². The number of fused-ring (bicyclic) bond motifs is 1. The Morgan fingerprint density at radius 1 is 1.07 bits per heavy atom. The fourth-order valence-corrected chi connectivity index (χ4v) is 5.45. The minimum Gasteiger partial charge on any atom is -0.335 e. The molecular formula is C24H29N3O. The second-order valence-corrected chi connectivity index (χ2v) is 8.89. The predicted molar refractivity (Wildman–Crippen MR) is 109 cm³/mol. The molecule has 146 valence electrons. The zero-order chi connectivity index (χ0) is 19.1. The molecule has 3 heterocycles. The summed E-state index contributed by atoms with van der Waals surface area (Å²) in [4.78, 5) is 22.2. The maximum absolute atomic E-state index is 13.2. The van der Waals surface area contributed by atoms with Crippen LogP contribution in [0.15, 0.2) is 48.8 Å². The molecule has 1 aromatic heterocycles. The van der Waals surface area contributed by atoms with E-state index in [1.165, 1.54) is 23.1 Å². The van der Waals surface area contributed by atoms with Gasteiger partial charge in [-0.05, 0) is 54.5 Å². The minimum atomic E-state index is 0.238. The lowest BCUT2D eigenvalue weighted by molar-refractivity contribution is -0.139. The fraction of sp³-hybridized carbons (Fsp3) is 0.500. The van der Waals surface area contributed by atoms with Crippen LogP contribution in [0.3, 0.4) is 0 Å². The van der Waals surface area contributed by atoms with E-state index >= 15 is 0 Å². The molecule has 2 aromatic rings. The van der Waals surface area contributed by atoms with E-state index in [2.05, 4.69) is 58.1 Å². The second-order valence-electron chi connectivity index (χ2n) is 8.89. The number of pyridine rings is 1. The third-order valence-corrected chi connectivity index (χ3v) is 7.14. The molecule has 2 saturated heterocycles. The molecule has 1 amide bonds. The number of benzene rings is 1. The molecule has 0 N–H and O–H groups in total. The van der Waals surface area contributed by atoms with Gasteiger partial charge in [-0.3, -0.25) is 14.7 Å². The van der Waals surface area contributed by atoms with Gasteiger partial charge in [0.15, 0.2) is 0 Å². The molecular weight excluding hydrogens is 346 g/mol. The number of aromatic nitrogens is 1. The lowest BCUT2D eigenvalue weighted by atomic mass is 9.83. The van der Waals surface area contributed by atoms with E-state index in [4.69, 9.17) is 0 Å². The second kappa shape index (κ2) is 7.32. The molecule has 4 nitrogen and oxygen atoms in total. The van der Waals surface area contributed by atoms with Crippen LogP contribution in [0.2, 0.25) is 0 Å². The van der Waals surface area contributed by atoms with Crippen molar-refractivity contribution >= 4 is 5.91 Å². The van der Waals surface area contributed by atoms with Gasteiger partial charge in [0.2, 0.25) is 5.91 Å². The molecule has 3 aliphatic rings. The van der Waals surface area contributed by atoms with Gasteiger partial charge in [0.05, 0.1) is 6.04 Å². The summed E-state index contributed by atoms with van der Waals surface area (Å²) in [5.41, 5.74) is 3.99. The van der Waals surface area contributed by atoms with Gasteiger partial charge >= 0.3 is 0 Å². The fourth-order valence-electron chi connectivity index (χ4n) is 5.45. The zero-order valence-electron chi connectivity index (χ0n) is 16.6. The van der Waals surface area contributed by atoms with Crippen molar-refractivity contribution in [3.8, 4) is 0 Å². The smallest absolute Gasteiger partial charge is 0.226 e. The number of hydrogen-bond acceptors (Lipinski definition) is 3. The van der Waals surface area contributed by atoms with Crippen molar-refractivity contribution in [3.63, 3.8) is 0 Å². The molecule has 2 aliphatic heterocycles. The number of nitrogens with zero attached hydrogens (tertiary/aromatic N) is 3. The van der Waals surface area contributed by atoms with Crippen molar-refractivity contribution in [2.24, 2.45) is 17.8 Å². The highest BCUT2D eigenvalue weighted by Gasteiger charge is 2.50. The number of amides is 1. The van der Waals surface area contributed by atoms with Gasteiger partial charge in [0.25, 0.3) is 0 Å². The van der Waals surface area contributed by atoms with Crippen LogP contribution in [-0.2, 0) is 11.3 Å². The van der Waals surface area contributed by atoms with Crippen molar-refractivity contribution in [3.05, 3.63) is 65.5 Å². The first-order chi connectivity index (χ1) is 13.7. The summed E-state index contributed by atoms with van der Waals surface area (Å²) >= 11 is 0. The Hall–Kier alpha value is -2.20. The van der Waals surface area contributed by atoms with Gasteiger partial charge in [0, 0.05) is 50.4 Å². The Morgan fingerprint density at radius 2 is 1.86 bits per heavy atom. The maximum Gasteiger partial charge on any atom is 0.226 e. The number of likely N-dealkylation sites (tertiary alicyclic amines) is 2. The summed E-state index contributed by atoms with van der Waals surface area (Å²) in [7, 11) is 0. The Balaban J connectivity index is 1.40. The monoisotopic (exact) mass is 375 g/mol. The molecule has 1 aliphatic carbocycles. The standard InChI is InChI=1S/C24H29N3O/c1-17-5-2-3-8-21(17)23-22-16-26(13-18-9-11-25-12-10-18)14-20(22)15-27(23)24(28)19-6-4-7-19/h2-3,5,8-12,19-20,22-23H,4,6-7,13-16H2,1H3/t20-,22-,23+/m0/s1. The highest BCUT2D eigenvalue weighted by molar-refractivity contribution is 5.80. The van der Waals surface area contributed by atoms with E-state index in [-0.39, 0.29) is 12.0 Å². The topological polar surface area (TPSA) is 36.4 Å². The predicted octanol–water partition coefficient (Wildman–Crippen LogP) is 3.82. The van der Waals surface area contributed by atoms with E-state index in [1.54, 1.807) is 0 Å². The quantitative estimate of drug-likeness (QED) is 0.815. The van der Waals surface area contributed by atoms with Gasteiger partial charge in [0.1, 0.15) is 0 Å². The van der Waals surface area contributed by atoms with Crippen molar-refractivity contribution < 1.29 is 4.79 Å². The van der Waals surface area contributed by atoms with Gasteiger partial charge in [-0.2, -0.15) is 0 Å². The molecule has 0 bridgehead atoms. The third kappa shape index (κ3) is 3.14. The Bertz CT molecular complexity index is 848. The summed E-state index contributed by atoms with van der Waals surface area (Å²) in [6.07, 6.45) is 7.13. The number of hydrogen-bond donors (Lipinski definition) is 0. The van der Waals surface area contributed by atoms with Crippen LogP contribution in [0, 0.1) is 24.7 Å². The summed E-state index contributed by atoms with van der Waals surface area (Å²) in [6.45, 7) is 6.25. The maximum atomic E-state index is 13.2. The van der Waals surface area contributed by atoms with Crippen molar-refractivity contribution in [2.45, 2.75) is 38.8 Å². The van der Waals surface area contributed by atoms with Crippen LogP contribution in [-0.4, -0.2) is 40.3 Å². The van der Waals surface area contributed by atoms with E-state index in [1.807, 2.05) is 12.4 Å². The first kappa shape index (κ1) is 17.9. The largest absolute Gasteiger partial charge is 0.335 e. The Labute approximate surface area is 167 Å². The first-order valence-corrected chi connectivity index (χ1v) is 10.7. The van der Waals surface area contributed by atoms with Crippen LogP contribution in [0.25, 0.3) is 0 Å². The number of rotatable bonds is 4. The summed E-state index contributed by atoms with van der Waals surface area (Å²) in [6, 6.07) is 13.1. The molecule has 0 radical (unpaired) electrons. The average Bonchev–Trinajstić information content (AvgIpc) is 3.19. The molecule has 5 rings (SSSR count). The van der Waals surface area contributed by atoms with Gasteiger partial charge in [-0.15, -0.1) is 0 Å². The average molecular weight is 376 g/mol. The Morgan fingerprint density at radius 3 is 2.57 bits per heavy atom. The van der Waals surface area contributed by atoms with Crippen LogP contribution in [0.4, 0.5) is 0 Å². The van der Waals surface area contributed by atoms with Crippen LogP contribution in [0.1, 0.15) is 42.0 Å². The van der Waals surface area contributed by atoms with Crippen LogP contribution < -0.4 is 0 Å². The SMILES string of the molecule is Cc1ccccc1[C@@H]1[C@H]2CN(Cc3ccncc3)C[C@H]2CN1C(=O)C1CCC1. The van der Waals surface area contributed by atoms with Crippen molar-refractivity contribution in [1.82, 2.24) is 14.8 Å². The molecule has 3 atom stereocenters. The zero-order valence-corrected chi connectivity index (χ0v) is 16.6. The molecule has 1 saturated carbocycles. The summed E-state index contributed by atoms with van der Waals surface area (Å²) < 4.78 is 0. The number of carbonyl (C=O) groups is 1. The summed E-state index contributed by atoms with van der Waals surface area (Å²) in [5.74, 6) is 1.80. The van der Waals surface area contributed by atoms with E-state index in [0.29, 0.717) is 17.7 Å². The normalized spacial score (nSPS) is 27.6. The molecule has 28 heavy (non-hydrogen) atoms. The lowest BCUT2D eigenvalue weighted by Crippen LogP contribution is -2.41. The number of aryl methyl sites for hydroxylation is 1. The van der Waals surface area contributed by atoms with Crippen molar-refractivity contribution in [2.75, 3.05) is 19.6 Å². The molecule has 0 unspecified atom stereocenters. The molecule has 1 aromatic carbocycles. The first-order valence-electron chi connectivity index (χ1n) is 10.7. The molecule has 0 spiro atoms. The third-order valence-electron chi connectivity index (χ3n) is 7.14. The van der Waals surface area contributed by atoms with Gasteiger partial charge in [-0.25, -0.2) is 0 Å². The van der Waals surface area contributed by atoms with Gasteiger partial charge in [-0.1, -0.05) is 30.7 Å². The van der Waals surface area contributed by atoms with Crippen molar-refractivity contribution in [1.29, 1.82) is 0 Å². The summed E-state index contributed by atoms with van der Waals surface area (Å²) in [5, 5.41) is 0. The van der Waals surface area contributed by atoms with E-state index in [0.717, 1.165) is 39.0 Å². The highest BCUT2D eigenvalue weighted by Crippen LogP contribution is 2.47. The van der Waals surface area contributed by atoms with E-state index < -0.39 is 0 Å².